The highest BCUT2D eigenvalue weighted by atomic mass is 16.3. The number of carbonyl (C=O) groups excluding carboxylic acids is 1. The first-order valence-electron chi connectivity index (χ1n) is 6.65. The van der Waals surface area contributed by atoms with Crippen molar-refractivity contribution in [3.63, 3.8) is 0 Å². The van der Waals surface area contributed by atoms with Crippen LogP contribution in [0.4, 0.5) is 0 Å². The second-order valence-electron chi connectivity index (χ2n) is 5.48. The Morgan fingerprint density at radius 1 is 1.35 bits per heavy atom. The van der Waals surface area contributed by atoms with Gasteiger partial charge >= 0.3 is 0 Å². The minimum Gasteiger partial charge on any atom is -0.387 e. The monoisotopic (exact) mass is 242 g/mol. The van der Waals surface area contributed by atoms with Crippen LogP contribution in [0.15, 0.2) is 0 Å². The Morgan fingerprint density at radius 3 is 2.29 bits per heavy atom. The topological polar surface area (TPSA) is 52.6 Å². The predicted molar refractivity (Wildman–Crippen MR) is 68.7 cm³/mol. The molecule has 0 atom stereocenters. The lowest BCUT2D eigenvalue weighted by molar-refractivity contribution is -0.142. The highest BCUT2D eigenvalue weighted by molar-refractivity contribution is 5.78. The third-order valence-corrected chi connectivity index (χ3v) is 3.79. The van der Waals surface area contributed by atoms with Gasteiger partial charge in [0.05, 0.1) is 12.1 Å². The number of likely N-dealkylation sites (tertiary alicyclic amines) is 1. The maximum absolute atomic E-state index is 11.7. The van der Waals surface area contributed by atoms with Crippen molar-refractivity contribution in [3.8, 4) is 0 Å². The van der Waals surface area contributed by atoms with Crippen LogP contribution < -0.4 is 5.32 Å². The molecule has 100 valence electrons. The Hall–Kier alpha value is -0.610. The molecular formula is C13H26N2O2. The average Bonchev–Trinajstić information content (AvgIpc) is 2.23. The molecule has 1 fully saturated rings. The van der Waals surface area contributed by atoms with Crippen LogP contribution in [0.25, 0.3) is 0 Å². The molecule has 0 radical (unpaired) electrons. The van der Waals surface area contributed by atoms with Crippen molar-refractivity contribution < 1.29 is 9.90 Å². The van der Waals surface area contributed by atoms with E-state index in [4.69, 9.17) is 0 Å². The first-order valence-corrected chi connectivity index (χ1v) is 6.65. The van der Waals surface area contributed by atoms with E-state index >= 15 is 0 Å². The molecule has 0 aromatic heterocycles. The molecule has 1 heterocycles. The molecule has 1 rings (SSSR count). The number of nitrogens with zero attached hydrogens (tertiary/aromatic N) is 1. The summed E-state index contributed by atoms with van der Waals surface area (Å²) >= 11 is 0. The maximum atomic E-state index is 11.7. The van der Waals surface area contributed by atoms with Crippen LogP contribution in [-0.2, 0) is 4.79 Å². The highest BCUT2D eigenvalue weighted by Gasteiger charge is 2.43. The minimum atomic E-state index is -0.588. The molecule has 0 aliphatic carbocycles. The normalized spacial score (nSPS) is 19.5. The number of amides is 1. The van der Waals surface area contributed by atoms with E-state index in [1.807, 2.05) is 18.7 Å². The molecule has 17 heavy (non-hydrogen) atoms. The van der Waals surface area contributed by atoms with E-state index in [1.165, 1.54) is 0 Å². The van der Waals surface area contributed by atoms with Crippen molar-refractivity contribution in [1.29, 1.82) is 0 Å². The van der Waals surface area contributed by atoms with Crippen LogP contribution in [0.2, 0.25) is 0 Å². The van der Waals surface area contributed by atoms with E-state index < -0.39 is 5.60 Å². The van der Waals surface area contributed by atoms with Crippen molar-refractivity contribution in [2.24, 2.45) is 5.92 Å². The summed E-state index contributed by atoms with van der Waals surface area (Å²) in [5.41, 5.74) is -0.588. The number of nitrogens with one attached hydrogen (secondary N) is 1. The number of rotatable bonds is 6. The first-order chi connectivity index (χ1) is 7.91. The van der Waals surface area contributed by atoms with Gasteiger partial charge in [0.25, 0.3) is 0 Å². The molecule has 1 aliphatic heterocycles. The molecule has 2 N–H and O–H groups in total. The van der Waals surface area contributed by atoms with Gasteiger partial charge in [-0.3, -0.25) is 9.69 Å². The summed E-state index contributed by atoms with van der Waals surface area (Å²) in [6.45, 7) is 9.82. The van der Waals surface area contributed by atoms with Gasteiger partial charge in [0, 0.05) is 19.1 Å². The SMILES string of the molecule is CCC(CC)NC(=O)CN1CC(O)(C(C)C)C1. The van der Waals surface area contributed by atoms with Gasteiger partial charge in [-0.1, -0.05) is 27.7 Å². The van der Waals surface area contributed by atoms with E-state index in [2.05, 4.69) is 19.2 Å². The van der Waals surface area contributed by atoms with Crippen molar-refractivity contribution in [1.82, 2.24) is 10.2 Å². The quantitative estimate of drug-likeness (QED) is 0.730. The van der Waals surface area contributed by atoms with Gasteiger partial charge in [-0.25, -0.2) is 0 Å². The molecule has 0 unspecified atom stereocenters. The van der Waals surface area contributed by atoms with Gasteiger partial charge in [-0.15, -0.1) is 0 Å². The molecule has 1 aliphatic rings. The second kappa shape index (κ2) is 5.83. The van der Waals surface area contributed by atoms with Gasteiger partial charge < -0.3 is 10.4 Å². The lowest BCUT2D eigenvalue weighted by Gasteiger charge is -2.48. The molecule has 0 aromatic carbocycles. The average molecular weight is 242 g/mol. The number of β-amino-alcohol motifs (C(OH)–C–C–N with tert-alkyl or cyclic N) is 1. The molecule has 0 spiro atoms. The zero-order chi connectivity index (χ0) is 13.1. The van der Waals surface area contributed by atoms with E-state index in [1.54, 1.807) is 0 Å². The summed E-state index contributed by atoms with van der Waals surface area (Å²) in [5, 5.41) is 13.1. The van der Waals surface area contributed by atoms with Crippen LogP contribution in [0, 0.1) is 5.92 Å². The lowest BCUT2D eigenvalue weighted by atomic mass is 9.83. The summed E-state index contributed by atoms with van der Waals surface area (Å²) in [5.74, 6) is 0.324. The Balaban J connectivity index is 2.27. The van der Waals surface area contributed by atoms with Gasteiger partial charge in [0.1, 0.15) is 0 Å². The van der Waals surface area contributed by atoms with Gasteiger partial charge in [-0.05, 0) is 18.8 Å². The Bertz CT molecular complexity index is 256. The fourth-order valence-corrected chi connectivity index (χ4v) is 2.17. The third kappa shape index (κ3) is 3.68. The van der Waals surface area contributed by atoms with Gasteiger partial charge in [-0.2, -0.15) is 0 Å². The summed E-state index contributed by atoms with van der Waals surface area (Å²) in [4.78, 5) is 13.7. The Kier molecular flexibility index (Phi) is 4.95. The van der Waals surface area contributed by atoms with E-state index in [-0.39, 0.29) is 17.9 Å². The van der Waals surface area contributed by atoms with E-state index in [0.717, 1.165) is 12.8 Å². The fourth-order valence-electron chi connectivity index (χ4n) is 2.17. The predicted octanol–water partition coefficient (Wildman–Crippen LogP) is 0.994. The number of aliphatic hydroxyl groups is 1. The molecule has 4 nitrogen and oxygen atoms in total. The molecular weight excluding hydrogens is 216 g/mol. The molecule has 0 bridgehead atoms. The standard InChI is InChI=1S/C13H26N2O2/c1-5-11(6-2)14-12(16)7-15-8-13(17,9-15)10(3)4/h10-11,17H,5-9H2,1-4H3,(H,14,16). The number of hydrogen-bond donors (Lipinski definition) is 2. The Labute approximate surface area is 104 Å². The summed E-state index contributed by atoms with van der Waals surface area (Å²) in [6, 6.07) is 0.285. The largest absolute Gasteiger partial charge is 0.387 e. The zero-order valence-corrected chi connectivity index (χ0v) is 11.5. The number of carbonyl (C=O) groups is 1. The van der Waals surface area contributed by atoms with Gasteiger partial charge in [0.15, 0.2) is 0 Å². The fraction of sp³-hybridized carbons (Fsp3) is 0.923. The smallest absolute Gasteiger partial charge is 0.234 e. The maximum Gasteiger partial charge on any atom is 0.234 e. The van der Waals surface area contributed by atoms with Crippen LogP contribution in [0.3, 0.4) is 0 Å². The third-order valence-electron chi connectivity index (χ3n) is 3.79. The van der Waals surface area contributed by atoms with Crippen molar-refractivity contribution in [3.05, 3.63) is 0 Å². The Morgan fingerprint density at radius 2 is 1.88 bits per heavy atom. The van der Waals surface area contributed by atoms with Crippen molar-refractivity contribution in [2.75, 3.05) is 19.6 Å². The zero-order valence-electron chi connectivity index (χ0n) is 11.5. The second-order valence-corrected chi connectivity index (χ2v) is 5.48. The van der Waals surface area contributed by atoms with Gasteiger partial charge in [0.2, 0.25) is 5.91 Å². The summed E-state index contributed by atoms with van der Waals surface area (Å²) < 4.78 is 0. The highest BCUT2D eigenvalue weighted by Crippen LogP contribution is 2.27. The lowest BCUT2D eigenvalue weighted by Crippen LogP contribution is -2.65. The summed E-state index contributed by atoms with van der Waals surface area (Å²) in [6.07, 6.45) is 1.94. The van der Waals surface area contributed by atoms with E-state index in [9.17, 15) is 9.90 Å². The van der Waals surface area contributed by atoms with E-state index in [0.29, 0.717) is 19.6 Å². The molecule has 4 heteroatoms. The van der Waals surface area contributed by atoms with Crippen LogP contribution in [0.1, 0.15) is 40.5 Å². The molecule has 0 aromatic rings. The minimum absolute atomic E-state index is 0.0736. The van der Waals surface area contributed by atoms with Crippen molar-refractivity contribution in [2.45, 2.75) is 52.2 Å². The van der Waals surface area contributed by atoms with Crippen LogP contribution in [-0.4, -0.2) is 47.2 Å². The molecule has 0 saturated carbocycles. The number of hydrogen-bond acceptors (Lipinski definition) is 3. The first kappa shape index (κ1) is 14.5. The molecule has 1 amide bonds. The van der Waals surface area contributed by atoms with Crippen molar-refractivity contribution >= 4 is 5.91 Å². The van der Waals surface area contributed by atoms with Crippen LogP contribution >= 0.6 is 0 Å². The summed E-state index contributed by atoms with van der Waals surface area (Å²) in [7, 11) is 0. The molecule has 1 saturated heterocycles. The van der Waals surface area contributed by atoms with Crippen LogP contribution in [0.5, 0.6) is 0 Å².